The molecule has 2 amide bonds. The SMILES string of the molecule is O=C(N[C@H](Cc1ccccc1Cl)C(=O)N1CCN[C@H](Cc2ccc3ccccc3c2)C1)[C@H]1Cc2ccccc2CN1. The van der Waals surface area contributed by atoms with Gasteiger partial charge >= 0.3 is 0 Å². The van der Waals surface area contributed by atoms with Crippen molar-refractivity contribution < 1.29 is 9.59 Å². The molecule has 6 nitrogen and oxygen atoms in total. The second kappa shape index (κ2) is 12.4. The van der Waals surface area contributed by atoms with Crippen LogP contribution in [0.2, 0.25) is 5.02 Å². The Bertz CT molecular complexity index is 1560. The topological polar surface area (TPSA) is 73.5 Å². The number of benzene rings is 4. The average Bonchev–Trinajstić information content (AvgIpc) is 3.01. The van der Waals surface area contributed by atoms with Crippen LogP contribution in [0.25, 0.3) is 10.8 Å². The summed E-state index contributed by atoms with van der Waals surface area (Å²) in [5.74, 6) is -0.229. The molecule has 0 aliphatic carbocycles. The molecular formula is C34H35ClN4O2. The van der Waals surface area contributed by atoms with Gasteiger partial charge in [0.1, 0.15) is 6.04 Å². The molecule has 4 aromatic rings. The van der Waals surface area contributed by atoms with Crippen molar-refractivity contribution in [3.05, 3.63) is 118 Å². The molecule has 0 bridgehead atoms. The Morgan fingerprint density at radius 1 is 0.902 bits per heavy atom. The summed E-state index contributed by atoms with van der Waals surface area (Å²) in [4.78, 5) is 29.4. The Balaban J connectivity index is 1.17. The van der Waals surface area contributed by atoms with Crippen LogP contribution in [0.5, 0.6) is 0 Å². The molecule has 1 saturated heterocycles. The zero-order valence-electron chi connectivity index (χ0n) is 23.0. The van der Waals surface area contributed by atoms with Crippen molar-refractivity contribution in [2.24, 2.45) is 0 Å². The lowest BCUT2D eigenvalue weighted by Crippen LogP contribution is -2.60. The van der Waals surface area contributed by atoms with Crippen molar-refractivity contribution in [1.82, 2.24) is 20.9 Å². The van der Waals surface area contributed by atoms with E-state index in [2.05, 4.69) is 70.5 Å². The minimum atomic E-state index is -0.708. The third kappa shape index (κ3) is 6.46. The van der Waals surface area contributed by atoms with Gasteiger partial charge in [-0.05, 0) is 51.9 Å². The van der Waals surface area contributed by atoms with Crippen LogP contribution >= 0.6 is 11.6 Å². The van der Waals surface area contributed by atoms with E-state index in [1.807, 2.05) is 41.3 Å². The number of carbonyl (C=O) groups is 2. The first-order valence-electron chi connectivity index (χ1n) is 14.4. The van der Waals surface area contributed by atoms with Crippen LogP contribution < -0.4 is 16.0 Å². The Labute approximate surface area is 246 Å². The molecule has 0 radical (unpaired) electrons. The zero-order valence-corrected chi connectivity index (χ0v) is 23.7. The van der Waals surface area contributed by atoms with Crippen molar-refractivity contribution in [1.29, 1.82) is 0 Å². The number of hydrogen-bond donors (Lipinski definition) is 3. The molecule has 3 atom stereocenters. The molecule has 3 N–H and O–H groups in total. The van der Waals surface area contributed by atoms with Gasteiger partial charge < -0.3 is 20.9 Å². The second-order valence-electron chi connectivity index (χ2n) is 11.1. The number of rotatable bonds is 7. The number of fused-ring (bicyclic) bond motifs is 2. The maximum atomic E-state index is 14.0. The van der Waals surface area contributed by atoms with E-state index in [1.165, 1.54) is 27.5 Å². The van der Waals surface area contributed by atoms with Gasteiger partial charge in [0.05, 0.1) is 6.04 Å². The first-order chi connectivity index (χ1) is 20.0. The lowest BCUT2D eigenvalue weighted by Gasteiger charge is -2.36. The summed E-state index contributed by atoms with van der Waals surface area (Å²) in [7, 11) is 0. The number of carbonyl (C=O) groups excluding carboxylic acids is 2. The predicted octanol–water partition coefficient (Wildman–Crippen LogP) is 4.28. The number of amides is 2. The normalized spacial score (nSPS) is 19.4. The second-order valence-corrected chi connectivity index (χ2v) is 11.5. The fourth-order valence-corrected chi connectivity index (χ4v) is 6.24. The van der Waals surface area contributed by atoms with Gasteiger partial charge in [-0.1, -0.05) is 96.5 Å². The van der Waals surface area contributed by atoms with E-state index in [9.17, 15) is 9.59 Å². The summed E-state index contributed by atoms with van der Waals surface area (Å²) in [6, 6.07) is 29.6. The summed E-state index contributed by atoms with van der Waals surface area (Å²) in [5, 5.41) is 13.1. The summed E-state index contributed by atoms with van der Waals surface area (Å²) < 4.78 is 0. The van der Waals surface area contributed by atoms with Crippen LogP contribution in [0.3, 0.4) is 0 Å². The fourth-order valence-electron chi connectivity index (χ4n) is 6.03. The third-order valence-corrected chi connectivity index (χ3v) is 8.63. The van der Waals surface area contributed by atoms with Crippen molar-refractivity contribution in [2.45, 2.75) is 43.9 Å². The van der Waals surface area contributed by atoms with E-state index in [4.69, 9.17) is 11.6 Å². The van der Waals surface area contributed by atoms with Gasteiger partial charge in [0.2, 0.25) is 11.8 Å². The van der Waals surface area contributed by atoms with Gasteiger partial charge in [0.25, 0.3) is 0 Å². The van der Waals surface area contributed by atoms with Crippen molar-refractivity contribution in [3.8, 4) is 0 Å². The smallest absolute Gasteiger partial charge is 0.245 e. The summed E-state index contributed by atoms with van der Waals surface area (Å²) in [6.07, 6.45) is 1.75. The first kappa shape index (κ1) is 27.5. The number of nitrogens with one attached hydrogen (secondary N) is 3. The van der Waals surface area contributed by atoms with Gasteiger partial charge in [0.15, 0.2) is 0 Å². The molecule has 2 heterocycles. The maximum absolute atomic E-state index is 14.0. The number of piperazine rings is 1. The van der Waals surface area contributed by atoms with E-state index < -0.39 is 12.1 Å². The van der Waals surface area contributed by atoms with Crippen LogP contribution in [0, 0.1) is 0 Å². The lowest BCUT2D eigenvalue weighted by molar-refractivity contribution is -0.138. The number of halogens is 1. The highest BCUT2D eigenvalue weighted by atomic mass is 35.5. The Kier molecular flexibility index (Phi) is 8.33. The standard InChI is InChI=1S/C34H35ClN4O2/c35-30-12-6-5-10-27(30)20-32(38-33(40)31-19-26-9-3-4-11-28(26)21-37-31)34(41)39-16-15-36-29(22-39)18-23-13-14-24-7-1-2-8-25(24)17-23/h1-14,17,29,31-32,36-37H,15-16,18-22H2,(H,38,40)/t29-,31-,32-/m1/s1. The van der Waals surface area contributed by atoms with Crippen molar-refractivity contribution in [2.75, 3.05) is 19.6 Å². The number of nitrogens with zero attached hydrogens (tertiary/aromatic N) is 1. The van der Waals surface area contributed by atoms with Gasteiger partial charge in [-0.15, -0.1) is 0 Å². The largest absolute Gasteiger partial charge is 0.343 e. The quantitative estimate of drug-likeness (QED) is 0.312. The maximum Gasteiger partial charge on any atom is 0.245 e. The zero-order chi connectivity index (χ0) is 28.2. The minimum Gasteiger partial charge on any atom is -0.343 e. The Hall–Kier alpha value is -3.71. The van der Waals surface area contributed by atoms with E-state index in [1.54, 1.807) is 0 Å². The fraction of sp³-hybridized carbons (Fsp3) is 0.294. The molecule has 4 aromatic carbocycles. The molecule has 210 valence electrons. The molecule has 2 aliphatic rings. The molecule has 1 fully saturated rings. The van der Waals surface area contributed by atoms with Gasteiger partial charge in [-0.25, -0.2) is 0 Å². The van der Waals surface area contributed by atoms with E-state index in [0.29, 0.717) is 44.0 Å². The van der Waals surface area contributed by atoms with Gasteiger partial charge in [-0.2, -0.15) is 0 Å². The van der Waals surface area contributed by atoms with Crippen LogP contribution in [0.1, 0.15) is 22.3 Å². The monoisotopic (exact) mass is 566 g/mol. The van der Waals surface area contributed by atoms with Crippen LogP contribution in [-0.2, 0) is 35.4 Å². The average molecular weight is 567 g/mol. The van der Waals surface area contributed by atoms with Crippen LogP contribution in [-0.4, -0.2) is 54.5 Å². The molecule has 2 aliphatic heterocycles. The molecule has 7 heteroatoms. The Morgan fingerprint density at radius 2 is 1.66 bits per heavy atom. The van der Waals surface area contributed by atoms with Crippen molar-refractivity contribution >= 4 is 34.2 Å². The molecule has 0 aromatic heterocycles. The molecule has 6 rings (SSSR count). The summed E-state index contributed by atoms with van der Waals surface area (Å²) in [5.41, 5.74) is 4.45. The Morgan fingerprint density at radius 3 is 2.51 bits per heavy atom. The van der Waals surface area contributed by atoms with Crippen LogP contribution in [0.15, 0.2) is 91.0 Å². The molecule has 0 spiro atoms. The van der Waals surface area contributed by atoms with Gasteiger partial charge in [0, 0.05) is 43.7 Å². The van der Waals surface area contributed by atoms with E-state index in [0.717, 1.165) is 12.0 Å². The molecular weight excluding hydrogens is 532 g/mol. The summed E-state index contributed by atoms with van der Waals surface area (Å²) >= 11 is 6.50. The summed E-state index contributed by atoms with van der Waals surface area (Å²) in [6.45, 7) is 2.51. The first-order valence-corrected chi connectivity index (χ1v) is 14.7. The van der Waals surface area contributed by atoms with Crippen LogP contribution in [0.4, 0.5) is 0 Å². The van der Waals surface area contributed by atoms with E-state index in [-0.39, 0.29) is 17.9 Å². The van der Waals surface area contributed by atoms with E-state index >= 15 is 0 Å². The lowest BCUT2D eigenvalue weighted by atomic mass is 9.95. The minimum absolute atomic E-state index is 0.0699. The number of hydrogen-bond acceptors (Lipinski definition) is 4. The molecule has 0 unspecified atom stereocenters. The highest BCUT2D eigenvalue weighted by molar-refractivity contribution is 6.31. The molecule has 41 heavy (non-hydrogen) atoms. The van der Waals surface area contributed by atoms with Crippen molar-refractivity contribution in [3.63, 3.8) is 0 Å². The highest BCUT2D eigenvalue weighted by Gasteiger charge is 2.33. The molecule has 0 saturated carbocycles. The predicted molar refractivity (Wildman–Crippen MR) is 164 cm³/mol. The third-order valence-electron chi connectivity index (χ3n) is 8.26. The highest BCUT2D eigenvalue weighted by Crippen LogP contribution is 2.21. The van der Waals surface area contributed by atoms with Gasteiger partial charge in [-0.3, -0.25) is 9.59 Å².